The van der Waals surface area contributed by atoms with Gasteiger partial charge >= 0.3 is 0 Å². The minimum atomic E-state index is -0.239. The van der Waals surface area contributed by atoms with Gasteiger partial charge in [-0.1, -0.05) is 6.92 Å². The van der Waals surface area contributed by atoms with Gasteiger partial charge in [0.05, 0.1) is 6.10 Å². The molecule has 0 saturated heterocycles. The summed E-state index contributed by atoms with van der Waals surface area (Å²) in [6.07, 6.45) is 0.883. The molecule has 0 spiro atoms. The molecule has 0 saturated carbocycles. The highest BCUT2D eigenvalue weighted by atomic mass is 16.3. The van der Waals surface area contributed by atoms with Crippen LogP contribution < -0.4 is 5.32 Å². The maximum Gasteiger partial charge on any atom is 0.0662 e. The van der Waals surface area contributed by atoms with Crippen LogP contribution in [0.25, 0.3) is 0 Å². The minimum Gasteiger partial charge on any atom is -0.392 e. The number of hydrogen-bond donors (Lipinski definition) is 2. The van der Waals surface area contributed by atoms with Crippen molar-refractivity contribution >= 4 is 0 Å². The van der Waals surface area contributed by atoms with E-state index in [9.17, 15) is 0 Å². The normalized spacial score (nSPS) is 17.3. The molecule has 0 aliphatic heterocycles. The molecule has 0 heterocycles. The van der Waals surface area contributed by atoms with Gasteiger partial charge < -0.3 is 10.4 Å². The molecule has 2 heteroatoms. The molecular weight excluding hydrogens is 114 g/mol. The fourth-order valence-electron chi connectivity index (χ4n) is 0.543. The summed E-state index contributed by atoms with van der Waals surface area (Å²) < 4.78 is 0. The predicted molar refractivity (Wildman–Crippen MR) is 39.4 cm³/mol. The van der Waals surface area contributed by atoms with Crippen LogP contribution in [0.2, 0.25) is 0 Å². The third kappa shape index (κ3) is 4.43. The van der Waals surface area contributed by atoms with E-state index in [0.29, 0.717) is 0 Å². The Labute approximate surface area is 57.3 Å². The summed E-state index contributed by atoms with van der Waals surface area (Å²) in [5, 5.41) is 12.2. The molecule has 2 nitrogen and oxygen atoms in total. The van der Waals surface area contributed by atoms with Gasteiger partial charge in [-0.2, -0.15) is 0 Å². The summed E-state index contributed by atoms with van der Waals surface area (Å²) in [6, 6.07) is 0.227. The van der Waals surface area contributed by atoms with Crippen LogP contribution >= 0.6 is 0 Å². The van der Waals surface area contributed by atoms with Crippen LogP contribution in [0.5, 0.6) is 0 Å². The third-order valence-corrected chi connectivity index (χ3v) is 1.44. The molecule has 0 radical (unpaired) electrons. The topological polar surface area (TPSA) is 32.3 Å². The molecule has 0 fully saturated rings. The van der Waals surface area contributed by atoms with Crippen molar-refractivity contribution in [1.29, 1.82) is 0 Å². The zero-order chi connectivity index (χ0) is 7.28. The van der Waals surface area contributed by atoms with Gasteiger partial charge in [-0.15, -0.1) is 0 Å². The van der Waals surface area contributed by atoms with Crippen molar-refractivity contribution in [2.24, 2.45) is 0 Å². The average molecular weight is 131 g/mol. The molecular formula is C7H17NO. The minimum absolute atomic E-state index is 0.227. The van der Waals surface area contributed by atoms with Crippen molar-refractivity contribution in [2.45, 2.75) is 39.3 Å². The van der Waals surface area contributed by atoms with Crippen LogP contribution in [0.3, 0.4) is 0 Å². The lowest BCUT2D eigenvalue weighted by atomic mass is 10.2. The number of rotatable bonds is 4. The van der Waals surface area contributed by atoms with Gasteiger partial charge in [0.2, 0.25) is 0 Å². The Morgan fingerprint density at radius 1 is 1.44 bits per heavy atom. The van der Waals surface area contributed by atoms with Gasteiger partial charge in [-0.25, -0.2) is 0 Å². The van der Waals surface area contributed by atoms with E-state index in [4.69, 9.17) is 5.11 Å². The maximum atomic E-state index is 8.99. The van der Waals surface area contributed by atoms with E-state index in [-0.39, 0.29) is 12.1 Å². The Kier molecular flexibility index (Phi) is 4.72. The Morgan fingerprint density at radius 2 is 2.00 bits per heavy atom. The lowest BCUT2D eigenvalue weighted by Crippen LogP contribution is -2.35. The fraction of sp³-hybridized carbons (Fsp3) is 1.00. The fourth-order valence-corrected chi connectivity index (χ4v) is 0.543. The van der Waals surface area contributed by atoms with Crippen molar-refractivity contribution in [3.63, 3.8) is 0 Å². The molecule has 0 aromatic heterocycles. The largest absolute Gasteiger partial charge is 0.392 e. The van der Waals surface area contributed by atoms with Gasteiger partial charge in [0.1, 0.15) is 0 Å². The van der Waals surface area contributed by atoms with Gasteiger partial charge in [0.25, 0.3) is 0 Å². The molecule has 2 N–H and O–H groups in total. The quantitative estimate of drug-likeness (QED) is 0.590. The molecule has 0 amide bonds. The van der Waals surface area contributed by atoms with Crippen LogP contribution in [-0.4, -0.2) is 23.8 Å². The molecule has 1 unspecified atom stereocenters. The summed E-state index contributed by atoms with van der Waals surface area (Å²) in [5.74, 6) is 0. The second-order valence-corrected chi connectivity index (χ2v) is 2.48. The third-order valence-electron chi connectivity index (χ3n) is 1.44. The Bertz CT molecular complexity index is 63.9. The van der Waals surface area contributed by atoms with Crippen molar-refractivity contribution in [3.05, 3.63) is 0 Å². The smallest absolute Gasteiger partial charge is 0.0662 e. The summed E-state index contributed by atoms with van der Waals surface area (Å²) in [5.41, 5.74) is 0. The lowest BCUT2D eigenvalue weighted by Gasteiger charge is -2.15. The molecule has 0 aliphatic rings. The summed E-state index contributed by atoms with van der Waals surface area (Å²) in [6.45, 7) is 6.89. The van der Waals surface area contributed by atoms with Crippen molar-refractivity contribution in [3.8, 4) is 0 Å². The molecule has 56 valence electrons. The monoisotopic (exact) mass is 131 g/mol. The summed E-state index contributed by atoms with van der Waals surface area (Å²) >= 11 is 0. The standard InChI is InChI=1S/C7H17NO/c1-4-5-8-6(2)7(3)9/h6-9H,4-5H2,1-3H3/t6-,7?/m1/s1. The molecule has 0 aliphatic carbocycles. The molecule has 0 bridgehead atoms. The first kappa shape index (κ1) is 8.92. The predicted octanol–water partition coefficient (Wildman–Crippen LogP) is 0.755. The molecule has 0 rings (SSSR count). The van der Waals surface area contributed by atoms with E-state index in [1.54, 1.807) is 6.92 Å². The Hall–Kier alpha value is -0.0800. The first-order chi connectivity index (χ1) is 4.18. The Balaban J connectivity index is 3.16. The highest BCUT2D eigenvalue weighted by molar-refractivity contribution is 4.64. The Morgan fingerprint density at radius 3 is 2.33 bits per heavy atom. The molecule has 0 aromatic rings. The number of aliphatic hydroxyl groups is 1. The summed E-state index contributed by atoms with van der Waals surface area (Å²) in [7, 11) is 0. The highest BCUT2D eigenvalue weighted by Gasteiger charge is 2.04. The van der Waals surface area contributed by atoms with Crippen LogP contribution in [0.4, 0.5) is 0 Å². The van der Waals surface area contributed by atoms with Gasteiger partial charge in [0, 0.05) is 6.04 Å². The first-order valence-corrected chi connectivity index (χ1v) is 3.60. The van der Waals surface area contributed by atoms with Gasteiger partial charge in [0.15, 0.2) is 0 Å². The van der Waals surface area contributed by atoms with E-state index in [1.807, 2.05) is 6.92 Å². The van der Waals surface area contributed by atoms with E-state index >= 15 is 0 Å². The average Bonchev–Trinajstić information content (AvgIpc) is 1.82. The van der Waals surface area contributed by atoms with Gasteiger partial charge in [-0.3, -0.25) is 0 Å². The second kappa shape index (κ2) is 4.77. The summed E-state index contributed by atoms with van der Waals surface area (Å²) in [4.78, 5) is 0. The number of aliphatic hydroxyl groups excluding tert-OH is 1. The highest BCUT2D eigenvalue weighted by Crippen LogP contribution is 1.89. The van der Waals surface area contributed by atoms with E-state index in [1.165, 1.54) is 0 Å². The van der Waals surface area contributed by atoms with E-state index < -0.39 is 0 Å². The van der Waals surface area contributed by atoms with Crippen LogP contribution in [-0.2, 0) is 0 Å². The SMILES string of the molecule is CCCN[C@H](C)C(C)O. The molecule has 0 aromatic carbocycles. The zero-order valence-corrected chi connectivity index (χ0v) is 6.52. The van der Waals surface area contributed by atoms with Crippen LogP contribution in [0.15, 0.2) is 0 Å². The zero-order valence-electron chi connectivity index (χ0n) is 6.52. The van der Waals surface area contributed by atoms with Gasteiger partial charge in [-0.05, 0) is 26.8 Å². The van der Waals surface area contributed by atoms with E-state index in [2.05, 4.69) is 12.2 Å². The van der Waals surface area contributed by atoms with Crippen LogP contribution in [0.1, 0.15) is 27.2 Å². The lowest BCUT2D eigenvalue weighted by molar-refractivity contribution is 0.153. The van der Waals surface area contributed by atoms with Crippen LogP contribution in [0, 0.1) is 0 Å². The number of hydrogen-bond acceptors (Lipinski definition) is 2. The molecule has 9 heavy (non-hydrogen) atoms. The van der Waals surface area contributed by atoms with Crippen molar-refractivity contribution in [2.75, 3.05) is 6.54 Å². The first-order valence-electron chi connectivity index (χ1n) is 3.60. The van der Waals surface area contributed by atoms with Crippen molar-refractivity contribution in [1.82, 2.24) is 5.32 Å². The second-order valence-electron chi connectivity index (χ2n) is 2.48. The van der Waals surface area contributed by atoms with Crippen molar-refractivity contribution < 1.29 is 5.11 Å². The number of nitrogens with one attached hydrogen (secondary N) is 1. The van der Waals surface area contributed by atoms with E-state index in [0.717, 1.165) is 13.0 Å². The maximum absolute atomic E-state index is 8.99. The molecule has 2 atom stereocenters.